The molecule has 5 nitrogen and oxygen atoms in total. The Kier molecular flexibility index (Phi) is 7.61. The summed E-state index contributed by atoms with van der Waals surface area (Å²) in [6.07, 6.45) is 0. The Morgan fingerprint density at radius 1 is 1.67 bits per heavy atom. The van der Waals surface area contributed by atoms with Gasteiger partial charge in [-0.05, 0) is 0 Å². The minimum Gasteiger partial charge on any atom is -0.694 e. The molecule has 0 saturated carbocycles. The fourth-order valence-corrected chi connectivity index (χ4v) is 0. The second kappa shape index (κ2) is 4.90. The smallest absolute Gasteiger partial charge is 0.694 e. The molecule has 0 aromatic carbocycles. The number of rotatable bonds is 1. The second-order valence-corrected chi connectivity index (χ2v) is 0.298. The first-order chi connectivity index (χ1) is 2.27. The van der Waals surface area contributed by atoms with Gasteiger partial charge in [0.25, 0.3) is 5.09 Å². The zero-order valence-electron chi connectivity index (χ0n) is 2.38. The Hall–Kier alpha value is -0.0997. The maximum atomic E-state index is 8.64. The molecule has 0 rings (SSSR count). The van der Waals surface area contributed by atoms with Crippen molar-refractivity contribution in [1.29, 1.82) is 0 Å². The van der Waals surface area contributed by atoms with E-state index in [4.69, 9.17) is 15.4 Å². The minimum absolute atomic E-state index is 0. The second-order valence-electron chi connectivity index (χ2n) is 0.298. The maximum Gasteiger partial charge on any atom is 1.00 e. The topological polar surface area (TPSA) is 75.4 Å². The monoisotopic (exact) mass is 185 g/mol. The summed E-state index contributed by atoms with van der Waals surface area (Å²) in [5.74, 6) is 0. The van der Waals surface area contributed by atoms with Gasteiger partial charge in [0.1, 0.15) is 0 Å². The molecule has 0 aliphatic carbocycles. The van der Waals surface area contributed by atoms with Crippen molar-refractivity contribution in [1.82, 2.24) is 0 Å². The molecule has 0 spiro atoms. The van der Waals surface area contributed by atoms with Crippen molar-refractivity contribution < 1.29 is 37.7 Å². The van der Waals surface area contributed by atoms with Crippen LogP contribution in [0.3, 0.4) is 0 Å². The molecule has 0 aromatic heterocycles. The molecular weight excluding hydrogens is 186 g/mol. The predicted octanol–water partition coefficient (Wildman–Crippen LogP) is -1.53. The Bertz CT molecular complexity index is 42.8. The van der Waals surface area contributed by atoms with Crippen molar-refractivity contribution in [3.05, 3.63) is 10.1 Å². The van der Waals surface area contributed by atoms with Crippen LogP contribution in [0.4, 0.5) is 0 Å². The van der Waals surface area contributed by atoms with E-state index < -0.39 is 5.09 Å². The van der Waals surface area contributed by atoms with E-state index in [1.807, 2.05) is 0 Å². The van der Waals surface area contributed by atoms with Gasteiger partial charge >= 0.3 is 22.4 Å². The largest absolute Gasteiger partial charge is 1.00 e. The summed E-state index contributed by atoms with van der Waals surface area (Å²) in [5.41, 5.74) is 0. The fourth-order valence-electron chi connectivity index (χ4n) is 0. The van der Waals surface area contributed by atoms with Crippen molar-refractivity contribution in [3.63, 3.8) is 0 Å². The van der Waals surface area contributed by atoms with Gasteiger partial charge in [0.05, 0.1) is 0 Å². The summed E-state index contributed by atoms with van der Waals surface area (Å²) in [4.78, 5) is 10.9. The van der Waals surface area contributed by atoms with Gasteiger partial charge in [0.15, 0.2) is 0 Å². The summed E-state index contributed by atoms with van der Waals surface area (Å²) in [6.45, 7) is 0. The van der Waals surface area contributed by atoms with Crippen LogP contribution >= 0.6 is 0 Å². The van der Waals surface area contributed by atoms with Crippen molar-refractivity contribution in [2.24, 2.45) is 0 Å². The first-order valence-electron chi connectivity index (χ1n) is 0.714. The third-order valence-electron chi connectivity index (χ3n) is 0.0609. The van der Waals surface area contributed by atoms with E-state index >= 15 is 0 Å². The molecule has 0 atom stereocenters. The first-order valence-corrected chi connectivity index (χ1v) is 0.714. The van der Waals surface area contributed by atoms with Crippen LogP contribution in [0.5, 0.6) is 0 Å². The summed E-state index contributed by atoms with van der Waals surface area (Å²) in [6, 6.07) is 0. The summed E-state index contributed by atoms with van der Waals surface area (Å²) >= 11 is 0. The molecule has 6 heavy (non-hydrogen) atoms. The molecule has 0 amide bonds. The third kappa shape index (κ3) is 9.09. The molecular formula is AgNO4. The van der Waals surface area contributed by atoms with Crippen molar-refractivity contribution in [2.75, 3.05) is 0 Å². The van der Waals surface area contributed by atoms with Crippen LogP contribution in [0.2, 0.25) is 0 Å². The normalized spacial score (nSPS) is 5.50. The van der Waals surface area contributed by atoms with Gasteiger partial charge in [-0.2, -0.15) is 0 Å². The van der Waals surface area contributed by atoms with E-state index in [2.05, 4.69) is 4.99 Å². The molecule has 0 bridgehead atoms. The zero-order valence-corrected chi connectivity index (χ0v) is 3.86. The van der Waals surface area contributed by atoms with Crippen LogP contribution in [0.15, 0.2) is 0 Å². The minimum atomic E-state index is -1.43. The van der Waals surface area contributed by atoms with Crippen molar-refractivity contribution in [2.45, 2.75) is 0 Å². The van der Waals surface area contributed by atoms with Crippen LogP contribution in [0.1, 0.15) is 0 Å². The van der Waals surface area contributed by atoms with Gasteiger partial charge in [-0.15, -0.1) is 10.1 Å². The Labute approximate surface area is 48.5 Å². The Balaban J connectivity index is 0. The third-order valence-corrected chi connectivity index (χ3v) is 0.0609. The molecule has 0 aromatic rings. The van der Waals surface area contributed by atoms with Gasteiger partial charge in [-0.3, -0.25) is 0 Å². The average Bonchev–Trinajstić information content (AvgIpc) is 1.38. The van der Waals surface area contributed by atoms with Crippen LogP contribution in [0, 0.1) is 10.1 Å². The first kappa shape index (κ1) is 9.31. The molecule has 0 heterocycles. The maximum absolute atomic E-state index is 8.64. The quantitative estimate of drug-likeness (QED) is 0.215. The Morgan fingerprint density at radius 2 is 1.83 bits per heavy atom. The average molecular weight is 186 g/mol. The number of hydrogen-bond donors (Lipinski definition) is 0. The van der Waals surface area contributed by atoms with Gasteiger partial charge in [-0.25, -0.2) is 0 Å². The Morgan fingerprint density at radius 3 is 1.83 bits per heavy atom. The molecule has 0 N–H and O–H groups in total. The number of hydrogen-bond acceptors (Lipinski definition) is 4. The van der Waals surface area contributed by atoms with Gasteiger partial charge < -0.3 is 10.2 Å². The molecule has 0 radical (unpaired) electrons. The molecule has 0 aliphatic rings. The van der Waals surface area contributed by atoms with E-state index in [1.54, 1.807) is 0 Å². The van der Waals surface area contributed by atoms with Crippen LogP contribution < -0.4 is 5.26 Å². The predicted molar refractivity (Wildman–Crippen MR) is 8.08 cm³/mol. The van der Waals surface area contributed by atoms with Crippen molar-refractivity contribution >= 4 is 0 Å². The van der Waals surface area contributed by atoms with E-state index in [9.17, 15) is 0 Å². The van der Waals surface area contributed by atoms with E-state index in [1.165, 1.54) is 0 Å². The van der Waals surface area contributed by atoms with Gasteiger partial charge in [-0.1, -0.05) is 0 Å². The standard InChI is InChI=1S/Ag.HNO4/c;2-1(3)5-4/h;4H/q+1;/p-1. The molecule has 0 aliphatic heterocycles. The molecule has 0 saturated heterocycles. The molecule has 0 unspecified atom stereocenters. The van der Waals surface area contributed by atoms with E-state index in [0.717, 1.165) is 0 Å². The van der Waals surface area contributed by atoms with E-state index in [0.29, 0.717) is 0 Å². The molecule has 6 heteroatoms. The summed E-state index contributed by atoms with van der Waals surface area (Å²) < 4.78 is 0. The van der Waals surface area contributed by atoms with Crippen molar-refractivity contribution in [3.8, 4) is 0 Å². The van der Waals surface area contributed by atoms with Crippen LogP contribution in [-0.4, -0.2) is 5.09 Å². The van der Waals surface area contributed by atoms with E-state index in [-0.39, 0.29) is 22.4 Å². The molecule has 40 valence electrons. The summed E-state index contributed by atoms with van der Waals surface area (Å²) in [5, 5.41) is 15.6. The van der Waals surface area contributed by atoms with Crippen LogP contribution in [0.25, 0.3) is 0 Å². The van der Waals surface area contributed by atoms with Gasteiger partial charge in [0.2, 0.25) is 0 Å². The molecule has 0 fully saturated rings. The van der Waals surface area contributed by atoms with Crippen LogP contribution in [-0.2, 0) is 27.4 Å². The summed E-state index contributed by atoms with van der Waals surface area (Å²) in [7, 11) is 0. The van der Waals surface area contributed by atoms with Gasteiger partial charge in [0, 0.05) is 0 Å². The zero-order chi connectivity index (χ0) is 4.28. The fraction of sp³-hybridized carbons (Fsp3) is 0. The SMILES string of the molecule is O=[N+]([O-])O[O-].[Ag+]. The number of nitrogens with zero attached hydrogens (tertiary/aromatic N) is 1.